The first-order chi connectivity index (χ1) is 12.3. The number of hydrogen-bond acceptors (Lipinski definition) is 5. The molecule has 0 fully saturated rings. The van der Waals surface area contributed by atoms with Crippen LogP contribution in [-0.2, 0) is 16.0 Å². The SMILES string of the molecule is CC1(C)CC(=O)c2sc(NC(=O)[C@H]3CC(=O)Nc4ccccc43)nc2C1. The normalized spacial score (nSPS) is 20.8. The van der Waals surface area contributed by atoms with Crippen molar-refractivity contribution in [1.29, 1.82) is 0 Å². The number of thiazole rings is 1. The number of fused-ring (bicyclic) bond motifs is 2. The summed E-state index contributed by atoms with van der Waals surface area (Å²) in [5, 5.41) is 6.03. The molecule has 6 nitrogen and oxygen atoms in total. The molecular weight excluding hydrogens is 350 g/mol. The minimum atomic E-state index is -0.562. The van der Waals surface area contributed by atoms with E-state index in [0.29, 0.717) is 22.1 Å². The Balaban J connectivity index is 1.59. The molecular formula is C19H19N3O3S. The van der Waals surface area contributed by atoms with Gasteiger partial charge in [0.15, 0.2) is 10.9 Å². The zero-order valence-corrected chi connectivity index (χ0v) is 15.4. The number of carbonyl (C=O) groups excluding carboxylic acids is 3. The van der Waals surface area contributed by atoms with E-state index in [-0.39, 0.29) is 29.4 Å². The third kappa shape index (κ3) is 3.03. The van der Waals surface area contributed by atoms with E-state index in [2.05, 4.69) is 15.6 Å². The molecule has 134 valence electrons. The van der Waals surface area contributed by atoms with E-state index in [4.69, 9.17) is 0 Å². The number of rotatable bonds is 2. The molecule has 0 radical (unpaired) electrons. The maximum Gasteiger partial charge on any atom is 0.234 e. The van der Waals surface area contributed by atoms with Gasteiger partial charge in [0.05, 0.1) is 16.5 Å². The number of ketones is 1. The van der Waals surface area contributed by atoms with Crippen molar-refractivity contribution in [1.82, 2.24) is 4.98 Å². The molecule has 0 spiro atoms. The van der Waals surface area contributed by atoms with Gasteiger partial charge >= 0.3 is 0 Å². The number of benzene rings is 1. The van der Waals surface area contributed by atoms with Gasteiger partial charge in [-0.05, 0) is 23.5 Å². The predicted octanol–water partition coefficient (Wildman–Crippen LogP) is 3.36. The molecule has 2 N–H and O–H groups in total. The number of amides is 2. The Hall–Kier alpha value is -2.54. The van der Waals surface area contributed by atoms with E-state index in [1.54, 1.807) is 6.07 Å². The average molecular weight is 369 g/mol. The minimum Gasteiger partial charge on any atom is -0.326 e. The zero-order valence-electron chi connectivity index (χ0n) is 14.6. The predicted molar refractivity (Wildman–Crippen MR) is 99.6 cm³/mol. The monoisotopic (exact) mass is 369 g/mol. The zero-order chi connectivity index (χ0) is 18.5. The molecule has 1 aromatic carbocycles. The molecule has 0 unspecified atom stereocenters. The largest absolute Gasteiger partial charge is 0.326 e. The average Bonchev–Trinajstić information content (AvgIpc) is 2.95. The number of Topliss-reactive ketones (excluding diaryl/α,β-unsaturated/α-hetero) is 1. The fraction of sp³-hybridized carbons (Fsp3) is 0.368. The molecule has 2 amide bonds. The van der Waals surface area contributed by atoms with Crippen molar-refractivity contribution in [3.05, 3.63) is 40.4 Å². The lowest BCUT2D eigenvalue weighted by molar-refractivity contribution is -0.123. The summed E-state index contributed by atoms with van der Waals surface area (Å²) in [6.07, 6.45) is 1.31. The van der Waals surface area contributed by atoms with E-state index in [1.165, 1.54) is 11.3 Å². The molecule has 0 bridgehead atoms. The second-order valence-electron chi connectivity index (χ2n) is 7.62. The second kappa shape index (κ2) is 6.02. The van der Waals surface area contributed by atoms with Gasteiger partial charge in [-0.1, -0.05) is 43.4 Å². The highest BCUT2D eigenvalue weighted by Crippen LogP contribution is 2.39. The highest BCUT2D eigenvalue weighted by molar-refractivity contribution is 7.17. The number of anilines is 2. The van der Waals surface area contributed by atoms with Gasteiger partial charge in [0.1, 0.15) is 0 Å². The van der Waals surface area contributed by atoms with E-state index in [9.17, 15) is 14.4 Å². The first kappa shape index (κ1) is 16.9. The summed E-state index contributed by atoms with van der Waals surface area (Å²) < 4.78 is 0. The summed E-state index contributed by atoms with van der Waals surface area (Å²) in [6, 6.07) is 7.30. The van der Waals surface area contributed by atoms with Crippen LogP contribution in [-0.4, -0.2) is 22.6 Å². The Bertz CT molecular complexity index is 932. The van der Waals surface area contributed by atoms with Crippen LogP contribution in [0.5, 0.6) is 0 Å². The van der Waals surface area contributed by atoms with Crippen LogP contribution in [0.15, 0.2) is 24.3 Å². The van der Waals surface area contributed by atoms with E-state index in [0.717, 1.165) is 17.7 Å². The van der Waals surface area contributed by atoms with Crippen molar-refractivity contribution >= 4 is 39.8 Å². The van der Waals surface area contributed by atoms with Crippen molar-refractivity contribution in [3.8, 4) is 0 Å². The first-order valence-corrected chi connectivity index (χ1v) is 9.37. The topological polar surface area (TPSA) is 88.2 Å². The minimum absolute atomic E-state index is 0.0802. The Morgan fingerprint density at radius 2 is 2.04 bits per heavy atom. The molecule has 1 aromatic heterocycles. The fourth-order valence-electron chi connectivity index (χ4n) is 3.61. The van der Waals surface area contributed by atoms with Gasteiger partial charge in [0.25, 0.3) is 0 Å². The van der Waals surface area contributed by atoms with E-state index >= 15 is 0 Å². The Morgan fingerprint density at radius 1 is 1.27 bits per heavy atom. The number of hydrogen-bond donors (Lipinski definition) is 2. The standard InChI is InChI=1S/C19H19N3O3S/c1-19(2)8-13-16(14(23)9-19)26-18(21-13)22-17(25)11-7-15(24)20-12-6-4-3-5-10(11)12/h3-6,11H,7-9H2,1-2H3,(H,20,24)(H,21,22,25)/t11-/m0/s1. The molecule has 0 saturated heterocycles. The number of nitrogens with one attached hydrogen (secondary N) is 2. The van der Waals surface area contributed by atoms with Crippen LogP contribution < -0.4 is 10.6 Å². The maximum atomic E-state index is 12.8. The highest BCUT2D eigenvalue weighted by atomic mass is 32.1. The molecule has 1 aliphatic carbocycles. The molecule has 2 heterocycles. The summed E-state index contributed by atoms with van der Waals surface area (Å²) >= 11 is 1.23. The maximum absolute atomic E-state index is 12.8. The lowest BCUT2D eigenvalue weighted by Crippen LogP contribution is -2.30. The van der Waals surface area contributed by atoms with Gasteiger partial charge in [0, 0.05) is 18.5 Å². The summed E-state index contributed by atoms with van der Waals surface area (Å²) in [5.74, 6) is -0.936. The summed E-state index contributed by atoms with van der Waals surface area (Å²) in [7, 11) is 0. The fourth-order valence-corrected chi connectivity index (χ4v) is 4.53. The van der Waals surface area contributed by atoms with Crippen LogP contribution in [0.2, 0.25) is 0 Å². The highest BCUT2D eigenvalue weighted by Gasteiger charge is 2.35. The van der Waals surface area contributed by atoms with Crippen molar-refractivity contribution in [2.75, 3.05) is 10.6 Å². The molecule has 4 rings (SSSR count). The third-order valence-electron chi connectivity index (χ3n) is 4.78. The van der Waals surface area contributed by atoms with Crippen LogP contribution in [0.4, 0.5) is 10.8 Å². The molecule has 26 heavy (non-hydrogen) atoms. The van der Waals surface area contributed by atoms with Crippen molar-refractivity contribution in [2.24, 2.45) is 5.41 Å². The van der Waals surface area contributed by atoms with Crippen LogP contribution in [0.1, 0.15) is 53.5 Å². The quantitative estimate of drug-likeness (QED) is 0.850. The Morgan fingerprint density at radius 3 is 2.85 bits per heavy atom. The smallest absolute Gasteiger partial charge is 0.234 e. The molecule has 7 heteroatoms. The molecule has 2 aromatic rings. The number of aromatic nitrogens is 1. The van der Waals surface area contributed by atoms with E-state index < -0.39 is 5.92 Å². The van der Waals surface area contributed by atoms with Gasteiger partial charge < -0.3 is 10.6 Å². The van der Waals surface area contributed by atoms with Gasteiger partial charge in [-0.15, -0.1) is 0 Å². The van der Waals surface area contributed by atoms with Gasteiger partial charge in [-0.25, -0.2) is 4.98 Å². The van der Waals surface area contributed by atoms with Crippen LogP contribution in [0.25, 0.3) is 0 Å². The molecule has 1 atom stereocenters. The molecule has 2 aliphatic rings. The molecule has 1 aliphatic heterocycles. The van der Waals surface area contributed by atoms with Gasteiger partial charge in [-0.3, -0.25) is 14.4 Å². The summed E-state index contributed by atoms with van der Waals surface area (Å²) in [6.45, 7) is 4.09. The van der Waals surface area contributed by atoms with Crippen molar-refractivity contribution in [3.63, 3.8) is 0 Å². The number of carbonyl (C=O) groups is 3. The lowest BCUT2D eigenvalue weighted by Gasteiger charge is -2.26. The second-order valence-corrected chi connectivity index (χ2v) is 8.62. The van der Waals surface area contributed by atoms with E-state index in [1.807, 2.05) is 32.0 Å². The molecule has 0 saturated carbocycles. The summed E-state index contributed by atoms with van der Waals surface area (Å²) in [5.41, 5.74) is 2.11. The number of nitrogens with zero attached hydrogens (tertiary/aromatic N) is 1. The Kier molecular flexibility index (Phi) is 3.91. The van der Waals surface area contributed by atoms with Crippen molar-refractivity contribution in [2.45, 2.75) is 39.0 Å². The number of para-hydroxylation sites is 1. The summed E-state index contributed by atoms with van der Waals surface area (Å²) in [4.78, 5) is 42.1. The van der Waals surface area contributed by atoms with Crippen LogP contribution in [0.3, 0.4) is 0 Å². The van der Waals surface area contributed by atoms with Crippen LogP contribution >= 0.6 is 11.3 Å². The Labute approximate surface area is 155 Å². The van der Waals surface area contributed by atoms with Gasteiger partial charge in [-0.2, -0.15) is 0 Å². The van der Waals surface area contributed by atoms with Gasteiger partial charge in [0.2, 0.25) is 11.8 Å². The van der Waals surface area contributed by atoms with Crippen LogP contribution in [0, 0.1) is 5.41 Å². The van der Waals surface area contributed by atoms with Crippen molar-refractivity contribution < 1.29 is 14.4 Å². The lowest BCUT2D eigenvalue weighted by atomic mass is 9.78. The third-order valence-corrected chi connectivity index (χ3v) is 5.84. The first-order valence-electron chi connectivity index (χ1n) is 8.55.